The van der Waals surface area contributed by atoms with Crippen LogP contribution in [0.1, 0.15) is 11.1 Å². The predicted molar refractivity (Wildman–Crippen MR) is 142 cm³/mol. The molecule has 1 heterocycles. The Labute approximate surface area is 201 Å². The van der Waals surface area contributed by atoms with Crippen LogP contribution in [-0.2, 0) is 11.2 Å². The molecule has 5 rings (SSSR count). The number of nitrogens with zero attached hydrogens (tertiary/aromatic N) is 1. The molecule has 4 nitrogen and oxygen atoms in total. The SMILES string of the molecule is Cc1ccc2nc(-c3ccc(NC(=S)NC(=O)Cc4cccc5ccccc45)cc3)sc2c1. The summed E-state index contributed by atoms with van der Waals surface area (Å²) in [6.07, 6.45) is 0.263. The standard InChI is InChI=1S/C27H21N3OS2/c1-17-9-14-23-24(15-17)33-26(29-23)19-10-12-21(13-11-19)28-27(32)30-25(31)16-20-7-4-6-18-5-2-3-8-22(18)20/h2-15H,16H2,1H3,(H2,28,30,31,32). The smallest absolute Gasteiger partial charge is 0.230 e. The highest BCUT2D eigenvalue weighted by atomic mass is 32.1. The summed E-state index contributed by atoms with van der Waals surface area (Å²) in [5.74, 6) is -0.148. The van der Waals surface area contributed by atoms with Gasteiger partial charge < -0.3 is 10.6 Å². The average Bonchev–Trinajstić information content (AvgIpc) is 3.23. The monoisotopic (exact) mass is 467 g/mol. The maximum absolute atomic E-state index is 12.6. The maximum Gasteiger partial charge on any atom is 0.230 e. The van der Waals surface area contributed by atoms with Gasteiger partial charge in [0.2, 0.25) is 5.91 Å². The van der Waals surface area contributed by atoms with E-state index in [1.807, 2.05) is 66.7 Å². The van der Waals surface area contributed by atoms with Crippen molar-refractivity contribution in [3.63, 3.8) is 0 Å². The third kappa shape index (κ3) is 4.77. The predicted octanol–water partition coefficient (Wildman–Crippen LogP) is 6.48. The molecule has 0 aliphatic rings. The number of carbonyl (C=O) groups excluding carboxylic acids is 1. The molecule has 0 fully saturated rings. The number of nitrogens with one attached hydrogen (secondary N) is 2. The zero-order chi connectivity index (χ0) is 22.8. The molecule has 4 aromatic carbocycles. The Morgan fingerprint density at radius 2 is 1.76 bits per heavy atom. The van der Waals surface area contributed by atoms with Gasteiger partial charge in [-0.3, -0.25) is 4.79 Å². The van der Waals surface area contributed by atoms with Gasteiger partial charge in [-0.1, -0.05) is 48.5 Å². The van der Waals surface area contributed by atoms with Crippen molar-refractivity contribution < 1.29 is 4.79 Å². The lowest BCUT2D eigenvalue weighted by Crippen LogP contribution is -2.35. The summed E-state index contributed by atoms with van der Waals surface area (Å²) in [5, 5.41) is 9.33. The van der Waals surface area contributed by atoms with Gasteiger partial charge in [-0.25, -0.2) is 4.98 Å². The Bertz CT molecular complexity index is 1480. The molecule has 0 saturated heterocycles. The summed E-state index contributed by atoms with van der Waals surface area (Å²) in [6, 6.07) is 28.2. The van der Waals surface area contributed by atoms with Gasteiger partial charge in [0, 0.05) is 11.3 Å². The topological polar surface area (TPSA) is 54.0 Å². The van der Waals surface area contributed by atoms with Crippen molar-refractivity contribution in [1.82, 2.24) is 10.3 Å². The minimum absolute atomic E-state index is 0.148. The summed E-state index contributed by atoms with van der Waals surface area (Å²) in [4.78, 5) is 17.3. The van der Waals surface area contributed by atoms with Crippen LogP contribution in [-0.4, -0.2) is 16.0 Å². The van der Waals surface area contributed by atoms with E-state index in [-0.39, 0.29) is 17.4 Å². The van der Waals surface area contributed by atoms with Crippen LogP contribution in [0.3, 0.4) is 0 Å². The lowest BCUT2D eigenvalue weighted by Gasteiger charge is -2.11. The molecule has 2 N–H and O–H groups in total. The summed E-state index contributed by atoms with van der Waals surface area (Å²) < 4.78 is 1.18. The van der Waals surface area contributed by atoms with Crippen LogP contribution in [0.2, 0.25) is 0 Å². The minimum atomic E-state index is -0.148. The molecule has 0 bridgehead atoms. The number of hydrogen-bond acceptors (Lipinski definition) is 4. The van der Waals surface area contributed by atoms with Gasteiger partial charge in [0.1, 0.15) is 5.01 Å². The molecular formula is C27H21N3OS2. The lowest BCUT2D eigenvalue weighted by molar-refractivity contribution is -0.119. The molecule has 0 radical (unpaired) electrons. The van der Waals surface area contributed by atoms with Gasteiger partial charge in [0.25, 0.3) is 0 Å². The molecule has 6 heteroatoms. The van der Waals surface area contributed by atoms with Crippen LogP contribution >= 0.6 is 23.6 Å². The van der Waals surface area contributed by atoms with Crippen molar-refractivity contribution in [3.05, 3.63) is 96.1 Å². The van der Waals surface area contributed by atoms with Gasteiger partial charge in [0.05, 0.1) is 16.6 Å². The number of amides is 1. The quantitative estimate of drug-likeness (QED) is 0.297. The number of carbonyl (C=O) groups is 1. The second-order valence-corrected chi connectivity index (χ2v) is 9.32. The fourth-order valence-electron chi connectivity index (χ4n) is 3.80. The average molecular weight is 468 g/mol. The van der Waals surface area contributed by atoms with Gasteiger partial charge in [-0.05, 0) is 77.4 Å². The zero-order valence-corrected chi connectivity index (χ0v) is 19.6. The van der Waals surface area contributed by atoms with E-state index in [4.69, 9.17) is 17.2 Å². The van der Waals surface area contributed by atoms with E-state index < -0.39 is 0 Å². The summed E-state index contributed by atoms with van der Waals surface area (Å²) >= 11 is 7.03. The molecule has 0 aliphatic heterocycles. The number of thiazole rings is 1. The number of hydrogen-bond donors (Lipinski definition) is 2. The Balaban J connectivity index is 1.22. The second kappa shape index (κ2) is 9.10. The van der Waals surface area contributed by atoms with Gasteiger partial charge in [-0.15, -0.1) is 11.3 Å². The number of rotatable bonds is 4. The molecule has 0 saturated carbocycles. The Morgan fingerprint density at radius 3 is 2.61 bits per heavy atom. The number of aromatic nitrogens is 1. The highest BCUT2D eigenvalue weighted by Crippen LogP contribution is 2.31. The van der Waals surface area contributed by atoms with Crippen molar-refractivity contribution >= 4 is 61.3 Å². The number of fused-ring (bicyclic) bond motifs is 2. The molecular weight excluding hydrogens is 446 g/mol. The van der Waals surface area contributed by atoms with E-state index in [0.717, 1.165) is 38.1 Å². The first-order valence-electron chi connectivity index (χ1n) is 10.6. The molecule has 0 spiro atoms. The summed E-state index contributed by atoms with van der Waals surface area (Å²) in [5.41, 5.74) is 5.08. The first-order chi connectivity index (χ1) is 16.0. The van der Waals surface area contributed by atoms with Gasteiger partial charge in [-0.2, -0.15) is 0 Å². The molecule has 33 heavy (non-hydrogen) atoms. The van der Waals surface area contributed by atoms with Crippen LogP contribution in [0.15, 0.2) is 84.9 Å². The van der Waals surface area contributed by atoms with E-state index in [0.29, 0.717) is 0 Å². The fourth-order valence-corrected chi connectivity index (χ4v) is 5.11. The van der Waals surface area contributed by atoms with E-state index in [1.54, 1.807) is 11.3 Å². The van der Waals surface area contributed by atoms with Crippen LogP contribution in [0, 0.1) is 6.92 Å². The molecule has 1 aromatic heterocycles. The highest BCUT2D eigenvalue weighted by Gasteiger charge is 2.10. The van der Waals surface area contributed by atoms with Crippen molar-refractivity contribution in [3.8, 4) is 10.6 Å². The third-order valence-corrected chi connectivity index (χ3v) is 6.69. The highest BCUT2D eigenvalue weighted by molar-refractivity contribution is 7.80. The van der Waals surface area contributed by atoms with E-state index in [9.17, 15) is 4.79 Å². The molecule has 0 atom stereocenters. The molecule has 1 amide bonds. The molecule has 0 unspecified atom stereocenters. The Morgan fingerprint density at radius 1 is 0.970 bits per heavy atom. The third-order valence-electron chi connectivity index (χ3n) is 5.42. The van der Waals surface area contributed by atoms with Crippen molar-refractivity contribution in [2.24, 2.45) is 0 Å². The summed E-state index contributed by atoms with van der Waals surface area (Å²) in [7, 11) is 0. The van der Waals surface area contributed by atoms with Crippen LogP contribution < -0.4 is 10.6 Å². The number of thiocarbonyl (C=S) groups is 1. The van der Waals surface area contributed by atoms with E-state index >= 15 is 0 Å². The number of anilines is 1. The zero-order valence-electron chi connectivity index (χ0n) is 18.0. The first kappa shape index (κ1) is 21.2. The van der Waals surface area contributed by atoms with Gasteiger partial charge in [0.15, 0.2) is 5.11 Å². The van der Waals surface area contributed by atoms with Crippen LogP contribution in [0.25, 0.3) is 31.6 Å². The number of aryl methyl sites for hydroxylation is 1. The van der Waals surface area contributed by atoms with E-state index in [2.05, 4.69) is 35.8 Å². The Kier molecular flexibility index (Phi) is 5.86. The lowest BCUT2D eigenvalue weighted by atomic mass is 10.0. The normalized spacial score (nSPS) is 10.9. The maximum atomic E-state index is 12.6. The van der Waals surface area contributed by atoms with Crippen molar-refractivity contribution in [2.75, 3.05) is 5.32 Å². The number of benzene rings is 4. The second-order valence-electron chi connectivity index (χ2n) is 7.88. The van der Waals surface area contributed by atoms with E-state index in [1.165, 1.54) is 10.3 Å². The fraction of sp³-hybridized carbons (Fsp3) is 0.0741. The minimum Gasteiger partial charge on any atom is -0.332 e. The van der Waals surface area contributed by atoms with Crippen LogP contribution in [0.5, 0.6) is 0 Å². The van der Waals surface area contributed by atoms with Crippen molar-refractivity contribution in [2.45, 2.75) is 13.3 Å². The summed E-state index contributed by atoms with van der Waals surface area (Å²) in [6.45, 7) is 2.09. The molecule has 5 aromatic rings. The van der Waals surface area contributed by atoms with Gasteiger partial charge >= 0.3 is 0 Å². The van der Waals surface area contributed by atoms with Crippen molar-refractivity contribution in [1.29, 1.82) is 0 Å². The van der Waals surface area contributed by atoms with Crippen LogP contribution in [0.4, 0.5) is 5.69 Å². The largest absolute Gasteiger partial charge is 0.332 e. The Hall–Kier alpha value is -3.61. The molecule has 0 aliphatic carbocycles. The first-order valence-corrected chi connectivity index (χ1v) is 11.8. The molecule has 162 valence electrons.